The summed E-state index contributed by atoms with van der Waals surface area (Å²) < 4.78 is 11.2. The fraction of sp³-hybridized carbons (Fsp3) is 0.143. The molecule has 5 heteroatoms. The number of fused-ring (bicyclic) bond motifs is 3. The van der Waals surface area contributed by atoms with Crippen molar-refractivity contribution in [1.82, 2.24) is 4.98 Å². The number of benzene rings is 1. The molecule has 0 aliphatic heterocycles. The van der Waals surface area contributed by atoms with Crippen LogP contribution in [-0.4, -0.2) is 17.6 Å². The van der Waals surface area contributed by atoms with Gasteiger partial charge in [0.05, 0.1) is 16.6 Å². The fourth-order valence-corrected chi connectivity index (χ4v) is 2.69. The molecule has 0 saturated carbocycles. The zero-order valence-electron chi connectivity index (χ0n) is 10.1. The normalized spacial score (nSPS) is 11.1. The summed E-state index contributed by atoms with van der Waals surface area (Å²) in [7, 11) is 0. The Morgan fingerprint density at radius 1 is 1.42 bits per heavy atom. The van der Waals surface area contributed by atoms with Crippen LogP contribution in [0.1, 0.15) is 17.5 Å². The largest absolute Gasteiger partial charge is 0.460 e. The first-order valence-electron chi connectivity index (χ1n) is 5.85. The van der Waals surface area contributed by atoms with Gasteiger partial charge in [0.1, 0.15) is 5.58 Å². The molecule has 0 fully saturated rings. The SMILES string of the molecule is CCOC(=O)c1oc2ccc3ncccc3c2c1Br. The third kappa shape index (κ3) is 1.90. The van der Waals surface area contributed by atoms with Gasteiger partial charge in [-0.25, -0.2) is 4.79 Å². The number of carbonyl (C=O) groups excluding carboxylic acids is 1. The first-order chi connectivity index (χ1) is 9.22. The third-order valence-electron chi connectivity index (χ3n) is 2.84. The molecular formula is C14H10BrNO3. The number of hydrogen-bond donors (Lipinski definition) is 0. The first kappa shape index (κ1) is 12.2. The summed E-state index contributed by atoms with van der Waals surface area (Å²) in [4.78, 5) is 16.1. The van der Waals surface area contributed by atoms with Gasteiger partial charge in [-0.1, -0.05) is 6.07 Å². The zero-order valence-corrected chi connectivity index (χ0v) is 11.7. The fourth-order valence-electron chi connectivity index (χ4n) is 2.04. The van der Waals surface area contributed by atoms with Gasteiger partial charge in [-0.05, 0) is 41.1 Å². The lowest BCUT2D eigenvalue weighted by atomic mass is 10.1. The van der Waals surface area contributed by atoms with Crippen molar-refractivity contribution in [2.45, 2.75) is 6.92 Å². The molecule has 4 nitrogen and oxygen atoms in total. The van der Waals surface area contributed by atoms with Crippen molar-refractivity contribution in [2.75, 3.05) is 6.61 Å². The predicted octanol–water partition coefficient (Wildman–Crippen LogP) is 3.92. The monoisotopic (exact) mass is 319 g/mol. The molecule has 0 aliphatic carbocycles. The Hall–Kier alpha value is -1.88. The summed E-state index contributed by atoms with van der Waals surface area (Å²) in [5, 5.41) is 1.78. The number of halogens is 1. The molecule has 0 unspecified atom stereocenters. The van der Waals surface area contributed by atoms with Crippen LogP contribution in [0.25, 0.3) is 21.9 Å². The summed E-state index contributed by atoms with van der Waals surface area (Å²) in [5.74, 6) is -0.282. The number of nitrogens with zero attached hydrogens (tertiary/aromatic N) is 1. The lowest BCUT2D eigenvalue weighted by molar-refractivity contribution is 0.0491. The smallest absolute Gasteiger partial charge is 0.375 e. The van der Waals surface area contributed by atoms with Gasteiger partial charge in [0, 0.05) is 17.0 Å². The predicted molar refractivity (Wildman–Crippen MR) is 75.2 cm³/mol. The molecule has 96 valence electrons. The van der Waals surface area contributed by atoms with Crippen LogP contribution in [0.15, 0.2) is 39.4 Å². The van der Waals surface area contributed by atoms with E-state index in [1.165, 1.54) is 0 Å². The molecule has 0 bridgehead atoms. The highest BCUT2D eigenvalue weighted by molar-refractivity contribution is 9.10. The Morgan fingerprint density at radius 2 is 2.26 bits per heavy atom. The van der Waals surface area contributed by atoms with Crippen molar-refractivity contribution >= 4 is 43.8 Å². The van der Waals surface area contributed by atoms with E-state index in [2.05, 4.69) is 20.9 Å². The number of rotatable bonds is 2. The average molecular weight is 320 g/mol. The molecule has 0 amide bonds. The number of carbonyl (C=O) groups is 1. The standard InChI is InChI=1S/C14H10BrNO3/c1-2-18-14(17)13-12(15)11-8-4-3-7-16-9(8)5-6-10(11)19-13/h3-7H,2H2,1H3. The van der Waals surface area contributed by atoms with Crippen LogP contribution in [0.5, 0.6) is 0 Å². The van der Waals surface area contributed by atoms with Crippen molar-refractivity contribution in [3.8, 4) is 0 Å². The molecule has 3 rings (SSSR count). The van der Waals surface area contributed by atoms with Crippen LogP contribution < -0.4 is 0 Å². The second-order valence-electron chi connectivity index (χ2n) is 3.97. The zero-order chi connectivity index (χ0) is 13.4. The molecular weight excluding hydrogens is 310 g/mol. The highest BCUT2D eigenvalue weighted by Gasteiger charge is 2.21. The van der Waals surface area contributed by atoms with Crippen molar-refractivity contribution < 1.29 is 13.9 Å². The number of aromatic nitrogens is 1. The minimum Gasteiger partial charge on any atom is -0.460 e. The maximum absolute atomic E-state index is 11.8. The van der Waals surface area contributed by atoms with Gasteiger partial charge < -0.3 is 9.15 Å². The van der Waals surface area contributed by atoms with Crippen LogP contribution in [-0.2, 0) is 4.74 Å². The van der Waals surface area contributed by atoms with Crippen LogP contribution in [0, 0.1) is 0 Å². The minimum absolute atomic E-state index is 0.188. The van der Waals surface area contributed by atoms with E-state index in [0.717, 1.165) is 16.3 Å². The van der Waals surface area contributed by atoms with Crippen LogP contribution in [0.3, 0.4) is 0 Å². The van der Waals surface area contributed by atoms with Gasteiger partial charge in [-0.2, -0.15) is 0 Å². The Labute approximate surface area is 117 Å². The van der Waals surface area contributed by atoms with Crippen molar-refractivity contribution in [1.29, 1.82) is 0 Å². The van der Waals surface area contributed by atoms with Gasteiger partial charge in [0.25, 0.3) is 0 Å². The second kappa shape index (κ2) is 4.66. The lowest BCUT2D eigenvalue weighted by Crippen LogP contribution is -2.03. The molecule has 0 aliphatic rings. The Balaban J connectivity index is 2.32. The molecule has 2 heterocycles. The highest BCUT2D eigenvalue weighted by atomic mass is 79.9. The van der Waals surface area contributed by atoms with Crippen LogP contribution in [0.4, 0.5) is 0 Å². The van der Waals surface area contributed by atoms with E-state index in [-0.39, 0.29) is 5.76 Å². The minimum atomic E-state index is -0.470. The molecule has 19 heavy (non-hydrogen) atoms. The summed E-state index contributed by atoms with van der Waals surface area (Å²) in [6.45, 7) is 2.07. The van der Waals surface area contributed by atoms with E-state index >= 15 is 0 Å². The highest BCUT2D eigenvalue weighted by Crippen LogP contribution is 2.35. The van der Waals surface area contributed by atoms with E-state index in [1.807, 2.05) is 18.2 Å². The van der Waals surface area contributed by atoms with Gasteiger partial charge in [-0.15, -0.1) is 0 Å². The van der Waals surface area contributed by atoms with Gasteiger partial charge in [0.2, 0.25) is 5.76 Å². The molecule has 0 saturated heterocycles. The van der Waals surface area contributed by atoms with E-state index in [1.54, 1.807) is 19.2 Å². The second-order valence-corrected chi connectivity index (χ2v) is 4.77. The van der Waals surface area contributed by atoms with Crippen LogP contribution >= 0.6 is 15.9 Å². The Morgan fingerprint density at radius 3 is 3.05 bits per heavy atom. The number of ether oxygens (including phenoxy) is 1. The van der Waals surface area contributed by atoms with E-state index < -0.39 is 5.97 Å². The lowest BCUT2D eigenvalue weighted by Gasteiger charge is -1.98. The first-order valence-corrected chi connectivity index (χ1v) is 6.64. The summed E-state index contributed by atoms with van der Waals surface area (Å²) in [6.07, 6.45) is 1.73. The molecule has 0 N–H and O–H groups in total. The molecule has 0 radical (unpaired) electrons. The quantitative estimate of drug-likeness (QED) is 0.672. The average Bonchev–Trinajstić information content (AvgIpc) is 2.77. The molecule has 3 aromatic rings. The van der Waals surface area contributed by atoms with Gasteiger partial charge in [0.15, 0.2) is 0 Å². The molecule has 1 aromatic carbocycles. The number of esters is 1. The van der Waals surface area contributed by atoms with Crippen LogP contribution in [0.2, 0.25) is 0 Å². The van der Waals surface area contributed by atoms with E-state index in [4.69, 9.17) is 9.15 Å². The maximum atomic E-state index is 11.8. The number of hydrogen-bond acceptors (Lipinski definition) is 4. The third-order valence-corrected chi connectivity index (χ3v) is 3.60. The molecule has 0 spiro atoms. The number of pyridine rings is 1. The van der Waals surface area contributed by atoms with Crippen molar-refractivity contribution in [3.05, 3.63) is 40.7 Å². The Bertz CT molecular complexity index is 779. The molecule has 0 atom stereocenters. The Kier molecular flexibility index (Phi) is 2.98. The maximum Gasteiger partial charge on any atom is 0.375 e. The van der Waals surface area contributed by atoms with Gasteiger partial charge >= 0.3 is 5.97 Å². The van der Waals surface area contributed by atoms with Crippen molar-refractivity contribution in [3.63, 3.8) is 0 Å². The molecule has 2 aromatic heterocycles. The van der Waals surface area contributed by atoms with E-state index in [0.29, 0.717) is 16.7 Å². The van der Waals surface area contributed by atoms with Gasteiger partial charge in [-0.3, -0.25) is 4.98 Å². The van der Waals surface area contributed by atoms with Crippen molar-refractivity contribution in [2.24, 2.45) is 0 Å². The number of furan rings is 1. The van der Waals surface area contributed by atoms with E-state index in [9.17, 15) is 4.79 Å². The summed E-state index contributed by atoms with van der Waals surface area (Å²) in [5.41, 5.74) is 1.49. The topological polar surface area (TPSA) is 52.3 Å². The summed E-state index contributed by atoms with van der Waals surface area (Å²) >= 11 is 3.42. The summed E-state index contributed by atoms with van der Waals surface area (Å²) in [6, 6.07) is 7.46.